The zero-order chi connectivity index (χ0) is 13.1. The number of rotatable bonds is 3. The predicted octanol–water partition coefficient (Wildman–Crippen LogP) is 3.41. The van der Waals surface area contributed by atoms with E-state index in [2.05, 4.69) is 4.90 Å². The first kappa shape index (κ1) is 13.9. The molecule has 3 rings (SSSR count). The van der Waals surface area contributed by atoms with Gasteiger partial charge in [-0.3, -0.25) is 4.90 Å². The second kappa shape index (κ2) is 6.58. The molecule has 2 N–H and O–H groups in total. The van der Waals surface area contributed by atoms with Gasteiger partial charge in [-0.15, -0.1) is 0 Å². The van der Waals surface area contributed by atoms with Crippen molar-refractivity contribution in [3.63, 3.8) is 0 Å². The maximum atomic E-state index is 6.01. The van der Waals surface area contributed by atoms with Crippen LogP contribution in [0.2, 0.25) is 0 Å². The van der Waals surface area contributed by atoms with Crippen molar-refractivity contribution < 1.29 is 0 Å². The maximum Gasteiger partial charge on any atom is 0.0124 e. The van der Waals surface area contributed by atoms with Gasteiger partial charge in [0.2, 0.25) is 0 Å². The smallest absolute Gasteiger partial charge is 0.0124 e. The van der Waals surface area contributed by atoms with E-state index in [-0.39, 0.29) is 0 Å². The quantitative estimate of drug-likeness (QED) is 0.846. The summed E-state index contributed by atoms with van der Waals surface area (Å²) in [6.45, 7) is 3.66. The van der Waals surface area contributed by atoms with Crippen LogP contribution in [0.5, 0.6) is 0 Å². The second-order valence-electron chi connectivity index (χ2n) is 7.29. The van der Waals surface area contributed by atoms with Crippen LogP contribution in [0.15, 0.2) is 0 Å². The molecule has 0 radical (unpaired) electrons. The van der Waals surface area contributed by atoms with Crippen molar-refractivity contribution in [3.05, 3.63) is 0 Å². The molecule has 2 heteroatoms. The average Bonchev–Trinajstić information content (AvgIpc) is 2.48. The molecule has 1 aliphatic heterocycles. The summed E-state index contributed by atoms with van der Waals surface area (Å²) in [5, 5.41) is 0. The lowest BCUT2D eigenvalue weighted by molar-refractivity contribution is 0.0328. The van der Waals surface area contributed by atoms with Gasteiger partial charge in [-0.1, -0.05) is 25.7 Å². The maximum absolute atomic E-state index is 6.01. The molecule has 2 aliphatic carbocycles. The summed E-state index contributed by atoms with van der Waals surface area (Å²) in [7, 11) is 0. The summed E-state index contributed by atoms with van der Waals surface area (Å²) in [4.78, 5) is 2.88. The third kappa shape index (κ3) is 3.16. The van der Waals surface area contributed by atoms with Crippen LogP contribution in [0.1, 0.15) is 64.2 Å². The molecule has 110 valence electrons. The first-order chi connectivity index (χ1) is 9.38. The van der Waals surface area contributed by atoms with Crippen LogP contribution in [-0.4, -0.2) is 30.6 Å². The molecular formula is C17H32N2. The van der Waals surface area contributed by atoms with E-state index in [1.807, 2.05) is 0 Å². The van der Waals surface area contributed by atoms with Crippen LogP contribution in [0, 0.1) is 17.8 Å². The summed E-state index contributed by atoms with van der Waals surface area (Å²) in [6, 6.07) is 0.933. The molecule has 1 heterocycles. The highest BCUT2D eigenvalue weighted by Crippen LogP contribution is 2.37. The molecule has 0 amide bonds. The van der Waals surface area contributed by atoms with Gasteiger partial charge >= 0.3 is 0 Å². The zero-order valence-electron chi connectivity index (χ0n) is 12.5. The van der Waals surface area contributed by atoms with E-state index < -0.39 is 0 Å². The van der Waals surface area contributed by atoms with Gasteiger partial charge in [-0.2, -0.15) is 0 Å². The average molecular weight is 264 g/mol. The number of hydrogen-bond acceptors (Lipinski definition) is 2. The lowest BCUT2D eigenvalue weighted by Crippen LogP contribution is -2.49. The molecule has 0 aromatic heterocycles. The Kier molecular flexibility index (Phi) is 4.81. The number of piperidine rings is 1. The molecule has 0 aromatic carbocycles. The Morgan fingerprint density at radius 3 is 2.32 bits per heavy atom. The Hall–Kier alpha value is -0.0800. The van der Waals surface area contributed by atoms with Crippen molar-refractivity contribution in [1.29, 1.82) is 0 Å². The lowest BCUT2D eigenvalue weighted by Gasteiger charge is -2.46. The van der Waals surface area contributed by atoms with Crippen LogP contribution >= 0.6 is 0 Å². The second-order valence-corrected chi connectivity index (χ2v) is 7.29. The molecule has 0 bridgehead atoms. The van der Waals surface area contributed by atoms with Gasteiger partial charge in [0.25, 0.3) is 0 Å². The van der Waals surface area contributed by atoms with Crippen LogP contribution in [-0.2, 0) is 0 Å². The minimum absolute atomic E-state index is 0.817. The monoisotopic (exact) mass is 264 g/mol. The molecule has 0 aromatic rings. The van der Waals surface area contributed by atoms with Gasteiger partial charge in [0.05, 0.1) is 0 Å². The van der Waals surface area contributed by atoms with E-state index in [1.54, 1.807) is 0 Å². The predicted molar refractivity (Wildman–Crippen MR) is 81.1 cm³/mol. The van der Waals surface area contributed by atoms with Crippen LogP contribution in [0.4, 0.5) is 0 Å². The van der Waals surface area contributed by atoms with Gasteiger partial charge in [0, 0.05) is 12.6 Å². The third-order valence-electron chi connectivity index (χ3n) is 6.20. The zero-order valence-corrected chi connectivity index (χ0v) is 12.5. The van der Waals surface area contributed by atoms with Crippen LogP contribution < -0.4 is 5.73 Å². The summed E-state index contributed by atoms with van der Waals surface area (Å²) in [6.07, 6.45) is 14.6. The summed E-state index contributed by atoms with van der Waals surface area (Å²) in [5.74, 6) is 2.75. The Balaban J connectivity index is 1.60. The SMILES string of the molecule is NCC1CCCCC1CN1CCCC2CCCCC21. The molecule has 19 heavy (non-hydrogen) atoms. The van der Waals surface area contributed by atoms with E-state index in [0.717, 1.165) is 30.3 Å². The van der Waals surface area contributed by atoms with E-state index >= 15 is 0 Å². The molecule has 4 atom stereocenters. The summed E-state index contributed by atoms with van der Waals surface area (Å²) < 4.78 is 0. The highest BCUT2D eigenvalue weighted by molar-refractivity contribution is 4.89. The molecular weight excluding hydrogens is 232 g/mol. The number of likely N-dealkylation sites (tertiary alicyclic amines) is 1. The highest BCUT2D eigenvalue weighted by Gasteiger charge is 2.35. The van der Waals surface area contributed by atoms with Crippen LogP contribution in [0.25, 0.3) is 0 Å². The van der Waals surface area contributed by atoms with Crippen molar-refractivity contribution in [2.75, 3.05) is 19.6 Å². The molecule has 4 unspecified atom stereocenters. The fourth-order valence-corrected chi connectivity index (χ4v) is 5.09. The van der Waals surface area contributed by atoms with Crippen molar-refractivity contribution in [2.45, 2.75) is 70.3 Å². The minimum atomic E-state index is 0.817. The molecule has 3 aliphatic rings. The van der Waals surface area contributed by atoms with E-state index in [9.17, 15) is 0 Å². The first-order valence-corrected chi connectivity index (χ1v) is 8.82. The van der Waals surface area contributed by atoms with E-state index in [4.69, 9.17) is 5.73 Å². The molecule has 1 saturated heterocycles. The Labute approximate surface area is 119 Å². The Bertz CT molecular complexity index is 276. The largest absolute Gasteiger partial charge is 0.330 e. The Morgan fingerprint density at radius 1 is 0.789 bits per heavy atom. The van der Waals surface area contributed by atoms with Gasteiger partial charge in [0.1, 0.15) is 0 Å². The highest BCUT2D eigenvalue weighted by atomic mass is 15.2. The van der Waals surface area contributed by atoms with Gasteiger partial charge < -0.3 is 5.73 Å². The molecule has 3 fully saturated rings. The standard InChI is InChI=1S/C17H32N2/c18-12-15-7-1-2-8-16(15)13-19-11-5-9-14-6-3-4-10-17(14)19/h14-17H,1-13,18H2. The summed E-state index contributed by atoms with van der Waals surface area (Å²) in [5.41, 5.74) is 6.01. The Morgan fingerprint density at radius 2 is 1.47 bits per heavy atom. The van der Waals surface area contributed by atoms with E-state index in [1.165, 1.54) is 77.3 Å². The molecule has 2 nitrogen and oxygen atoms in total. The number of hydrogen-bond donors (Lipinski definition) is 1. The number of fused-ring (bicyclic) bond motifs is 1. The van der Waals surface area contributed by atoms with Gasteiger partial charge in [0.15, 0.2) is 0 Å². The minimum Gasteiger partial charge on any atom is -0.330 e. The van der Waals surface area contributed by atoms with Gasteiger partial charge in [-0.05, 0) is 69.4 Å². The van der Waals surface area contributed by atoms with Crippen molar-refractivity contribution in [3.8, 4) is 0 Å². The van der Waals surface area contributed by atoms with E-state index in [0.29, 0.717) is 0 Å². The lowest BCUT2D eigenvalue weighted by atomic mass is 9.75. The molecule has 2 saturated carbocycles. The summed E-state index contributed by atoms with van der Waals surface area (Å²) >= 11 is 0. The van der Waals surface area contributed by atoms with Crippen LogP contribution in [0.3, 0.4) is 0 Å². The van der Waals surface area contributed by atoms with Crippen molar-refractivity contribution in [2.24, 2.45) is 23.5 Å². The normalized spacial score (nSPS) is 40.9. The molecule has 0 spiro atoms. The topological polar surface area (TPSA) is 29.3 Å². The number of nitrogens with two attached hydrogens (primary N) is 1. The first-order valence-electron chi connectivity index (χ1n) is 8.82. The van der Waals surface area contributed by atoms with Gasteiger partial charge in [-0.25, -0.2) is 0 Å². The van der Waals surface area contributed by atoms with Crippen molar-refractivity contribution in [1.82, 2.24) is 4.90 Å². The fraction of sp³-hybridized carbons (Fsp3) is 1.00. The fourth-order valence-electron chi connectivity index (χ4n) is 5.09. The third-order valence-corrected chi connectivity index (χ3v) is 6.20. The van der Waals surface area contributed by atoms with Crippen molar-refractivity contribution >= 4 is 0 Å². The number of nitrogens with zero attached hydrogens (tertiary/aromatic N) is 1.